The zero-order valence-electron chi connectivity index (χ0n) is 12.6. The van der Waals surface area contributed by atoms with Crippen molar-refractivity contribution in [2.45, 2.75) is 24.3 Å². The van der Waals surface area contributed by atoms with Crippen molar-refractivity contribution in [3.05, 3.63) is 71.3 Å². The highest BCUT2D eigenvalue weighted by atomic mass is 32.2. The minimum Gasteiger partial charge on any atom is -0.212 e. The lowest BCUT2D eigenvalue weighted by molar-refractivity contribution is 0.390. The summed E-state index contributed by atoms with van der Waals surface area (Å²) in [6.07, 6.45) is 3.02. The van der Waals surface area contributed by atoms with Crippen molar-refractivity contribution < 1.29 is 8.42 Å². The number of hydrogen-bond acceptors (Lipinski definition) is 2. The molecule has 2 bridgehead atoms. The number of sulfonamides is 1. The van der Waals surface area contributed by atoms with Crippen molar-refractivity contribution in [1.29, 1.82) is 0 Å². The molecule has 1 saturated heterocycles. The molecule has 1 aliphatic carbocycles. The van der Waals surface area contributed by atoms with Gasteiger partial charge in [-0.1, -0.05) is 54.6 Å². The quantitative estimate of drug-likeness (QED) is 0.854. The molecule has 4 rings (SSSR count). The van der Waals surface area contributed by atoms with Crippen molar-refractivity contribution in [3.8, 4) is 0 Å². The molecule has 0 aromatic heterocycles. The zero-order valence-corrected chi connectivity index (χ0v) is 13.4. The molecule has 1 fully saturated rings. The first kappa shape index (κ1) is 14.0. The van der Waals surface area contributed by atoms with Gasteiger partial charge in [0, 0.05) is 18.0 Å². The fourth-order valence-corrected chi connectivity index (χ4v) is 5.41. The first-order chi connectivity index (χ1) is 10.5. The first-order valence-corrected chi connectivity index (χ1v) is 9.46. The summed E-state index contributed by atoms with van der Waals surface area (Å²) in [5.41, 5.74) is 3.60. The minimum atomic E-state index is -3.19. The van der Waals surface area contributed by atoms with E-state index < -0.39 is 10.0 Å². The van der Waals surface area contributed by atoms with Crippen LogP contribution in [0.25, 0.3) is 0 Å². The van der Waals surface area contributed by atoms with E-state index in [0.717, 1.165) is 12.8 Å². The Bertz CT molecular complexity index is 816. The molecular weight excluding hydrogens is 294 g/mol. The van der Waals surface area contributed by atoms with E-state index in [1.54, 1.807) is 4.31 Å². The molecule has 4 heteroatoms. The molecule has 1 aliphatic heterocycles. The van der Waals surface area contributed by atoms with E-state index in [0.29, 0.717) is 6.54 Å². The van der Waals surface area contributed by atoms with Crippen LogP contribution in [0.3, 0.4) is 0 Å². The van der Waals surface area contributed by atoms with Gasteiger partial charge in [0.25, 0.3) is 0 Å². The first-order valence-electron chi connectivity index (χ1n) is 7.61. The highest BCUT2D eigenvalue weighted by Gasteiger charge is 2.52. The van der Waals surface area contributed by atoms with Gasteiger partial charge < -0.3 is 0 Å². The van der Waals surface area contributed by atoms with Crippen LogP contribution in [0.1, 0.15) is 23.1 Å². The van der Waals surface area contributed by atoms with E-state index >= 15 is 0 Å². The molecular formula is C18H19NO2S. The van der Waals surface area contributed by atoms with Crippen LogP contribution in [-0.2, 0) is 21.9 Å². The van der Waals surface area contributed by atoms with E-state index in [4.69, 9.17) is 0 Å². The zero-order chi connectivity index (χ0) is 15.4. The Morgan fingerprint density at radius 2 is 1.73 bits per heavy atom. The molecule has 0 N–H and O–H groups in total. The van der Waals surface area contributed by atoms with Crippen LogP contribution in [0.2, 0.25) is 0 Å². The molecule has 0 saturated carbocycles. The van der Waals surface area contributed by atoms with Crippen LogP contribution < -0.4 is 0 Å². The van der Waals surface area contributed by atoms with Crippen molar-refractivity contribution >= 4 is 10.0 Å². The topological polar surface area (TPSA) is 37.4 Å². The van der Waals surface area contributed by atoms with E-state index in [2.05, 4.69) is 30.3 Å². The fourth-order valence-electron chi connectivity index (χ4n) is 4.26. The molecule has 114 valence electrons. The number of benzene rings is 2. The van der Waals surface area contributed by atoms with Gasteiger partial charge in [-0.05, 0) is 29.5 Å². The summed E-state index contributed by atoms with van der Waals surface area (Å²) in [6.45, 7) is 0.553. The Morgan fingerprint density at radius 1 is 1.05 bits per heavy atom. The molecule has 2 aromatic rings. The minimum absolute atomic E-state index is 0.0742. The Balaban J connectivity index is 1.94. The van der Waals surface area contributed by atoms with Crippen molar-refractivity contribution in [2.24, 2.45) is 0 Å². The number of nitrogens with zero attached hydrogens (tertiary/aromatic N) is 1. The summed E-state index contributed by atoms with van der Waals surface area (Å²) in [5, 5.41) is 0. The van der Waals surface area contributed by atoms with Gasteiger partial charge in [-0.15, -0.1) is 0 Å². The second-order valence-electron chi connectivity index (χ2n) is 6.48. The highest BCUT2D eigenvalue weighted by molar-refractivity contribution is 7.88. The summed E-state index contributed by atoms with van der Waals surface area (Å²) >= 11 is 0. The van der Waals surface area contributed by atoms with Crippen LogP contribution in [0, 0.1) is 0 Å². The third kappa shape index (κ3) is 1.94. The average molecular weight is 313 g/mol. The Labute approximate surface area is 131 Å². The predicted octanol–water partition coefficient (Wildman–Crippen LogP) is 2.56. The largest absolute Gasteiger partial charge is 0.212 e. The number of rotatable bonds is 2. The maximum absolute atomic E-state index is 12.2. The Kier molecular flexibility index (Phi) is 2.97. The van der Waals surface area contributed by atoms with Crippen LogP contribution in [0.4, 0.5) is 0 Å². The van der Waals surface area contributed by atoms with Crippen LogP contribution in [0.5, 0.6) is 0 Å². The smallest absolute Gasteiger partial charge is 0.211 e. The second-order valence-corrected chi connectivity index (χ2v) is 8.41. The molecule has 22 heavy (non-hydrogen) atoms. The molecule has 0 amide bonds. The molecule has 1 heterocycles. The second kappa shape index (κ2) is 4.67. The molecule has 3 nitrogen and oxygen atoms in total. The van der Waals surface area contributed by atoms with Gasteiger partial charge >= 0.3 is 0 Å². The lowest BCUT2D eigenvalue weighted by atomic mass is 9.67. The van der Waals surface area contributed by atoms with Crippen molar-refractivity contribution in [2.75, 3.05) is 12.8 Å². The molecule has 2 aromatic carbocycles. The standard InChI is InChI=1S/C18H19NO2S/c1-22(20,21)19-13-18(15-8-3-2-4-9-15)12-16(19)11-14-7-5-6-10-17(14)18/h2-10,16H,11-13H2,1H3/t16-,18+/m1/s1. The number of hydrogen-bond donors (Lipinski definition) is 0. The van der Waals surface area contributed by atoms with Gasteiger partial charge in [0.05, 0.1) is 6.26 Å². The molecule has 2 atom stereocenters. The summed E-state index contributed by atoms with van der Waals surface area (Å²) in [7, 11) is -3.19. The molecule has 2 aliphatic rings. The Hall–Kier alpha value is -1.65. The van der Waals surface area contributed by atoms with Crippen molar-refractivity contribution in [3.63, 3.8) is 0 Å². The lowest BCUT2D eigenvalue weighted by Crippen LogP contribution is -2.35. The maximum Gasteiger partial charge on any atom is 0.211 e. The van der Waals surface area contributed by atoms with Gasteiger partial charge in [0.1, 0.15) is 0 Å². The normalized spacial score (nSPS) is 27.6. The van der Waals surface area contributed by atoms with Gasteiger partial charge in [0.2, 0.25) is 10.0 Å². The lowest BCUT2D eigenvalue weighted by Gasteiger charge is -2.35. The van der Waals surface area contributed by atoms with E-state index in [9.17, 15) is 8.42 Å². The van der Waals surface area contributed by atoms with E-state index in [1.165, 1.54) is 22.9 Å². The van der Waals surface area contributed by atoms with Crippen molar-refractivity contribution in [1.82, 2.24) is 4.31 Å². The van der Waals surface area contributed by atoms with Crippen LogP contribution >= 0.6 is 0 Å². The SMILES string of the molecule is CS(=O)(=O)N1C[C@]2(c3ccccc3)C[C@H]1Cc1ccccc12. The summed E-state index contributed by atoms with van der Waals surface area (Å²) in [5.74, 6) is 0. The molecule has 0 unspecified atom stereocenters. The monoisotopic (exact) mass is 313 g/mol. The van der Waals surface area contributed by atoms with E-state index in [1.807, 2.05) is 24.3 Å². The van der Waals surface area contributed by atoms with Crippen LogP contribution in [-0.4, -0.2) is 31.6 Å². The fraction of sp³-hybridized carbons (Fsp3) is 0.333. The average Bonchev–Trinajstić information content (AvgIpc) is 2.84. The van der Waals surface area contributed by atoms with Gasteiger partial charge in [-0.3, -0.25) is 0 Å². The third-order valence-electron chi connectivity index (χ3n) is 5.16. The summed E-state index contributed by atoms with van der Waals surface area (Å²) < 4.78 is 26.2. The predicted molar refractivity (Wildman–Crippen MR) is 87.3 cm³/mol. The summed E-state index contributed by atoms with van der Waals surface area (Å²) in [4.78, 5) is 0. The molecule has 0 spiro atoms. The van der Waals surface area contributed by atoms with Crippen LogP contribution in [0.15, 0.2) is 54.6 Å². The Morgan fingerprint density at radius 3 is 2.45 bits per heavy atom. The molecule has 0 radical (unpaired) electrons. The summed E-state index contributed by atoms with van der Waals surface area (Å²) in [6, 6.07) is 18.9. The van der Waals surface area contributed by atoms with Gasteiger partial charge in [-0.2, -0.15) is 4.31 Å². The number of fused-ring (bicyclic) bond motifs is 4. The van der Waals surface area contributed by atoms with E-state index in [-0.39, 0.29) is 11.5 Å². The highest BCUT2D eigenvalue weighted by Crippen LogP contribution is 2.50. The maximum atomic E-state index is 12.2. The third-order valence-corrected chi connectivity index (χ3v) is 6.44. The van der Waals surface area contributed by atoms with Gasteiger partial charge in [0.15, 0.2) is 0 Å². The van der Waals surface area contributed by atoms with Gasteiger partial charge in [-0.25, -0.2) is 8.42 Å².